The normalized spacial score (nSPS) is 10.0. The van der Waals surface area contributed by atoms with Crippen molar-refractivity contribution >= 4 is 34.9 Å². The fraction of sp³-hybridized carbons (Fsp3) is 0.125. The van der Waals surface area contributed by atoms with Crippen molar-refractivity contribution in [1.82, 2.24) is 0 Å². The Labute approximate surface area is 147 Å². The number of nitro groups is 1. The van der Waals surface area contributed by atoms with Crippen LogP contribution in [-0.4, -0.2) is 31.0 Å². The van der Waals surface area contributed by atoms with Gasteiger partial charge in [0.05, 0.1) is 29.7 Å². The Hall–Kier alpha value is -3.13. The van der Waals surface area contributed by atoms with Gasteiger partial charge in [0.15, 0.2) is 0 Å². The van der Waals surface area contributed by atoms with E-state index in [-0.39, 0.29) is 16.1 Å². The molecule has 1 amide bonds. The number of carbonyl (C=O) groups excluding carboxylic acids is 2. The van der Waals surface area contributed by atoms with Crippen LogP contribution in [0.4, 0.5) is 11.4 Å². The number of nitrogens with one attached hydrogen (secondary N) is 1. The number of methoxy groups -OCH3 is 2. The van der Waals surface area contributed by atoms with Crippen molar-refractivity contribution < 1.29 is 24.0 Å². The van der Waals surface area contributed by atoms with E-state index >= 15 is 0 Å². The summed E-state index contributed by atoms with van der Waals surface area (Å²) in [5, 5.41) is 13.8. The van der Waals surface area contributed by atoms with Crippen LogP contribution in [0.1, 0.15) is 20.7 Å². The lowest BCUT2D eigenvalue weighted by atomic mass is 10.1. The second-order valence-corrected chi connectivity index (χ2v) is 5.23. The van der Waals surface area contributed by atoms with Gasteiger partial charge in [-0.15, -0.1) is 0 Å². The predicted octanol–water partition coefficient (Wildman–Crippen LogP) is 3.30. The summed E-state index contributed by atoms with van der Waals surface area (Å²) in [6.07, 6.45) is 0. The number of non-ortho nitro benzene ring substituents is 1. The Bertz CT molecular complexity index is 853. The number of hydrogen-bond donors (Lipinski definition) is 1. The van der Waals surface area contributed by atoms with E-state index in [1.54, 1.807) is 12.1 Å². The molecule has 0 radical (unpaired) electrons. The summed E-state index contributed by atoms with van der Waals surface area (Å²) < 4.78 is 9.56. The Morgan fingerprint density at radius 2 is 1.80 bits per heavy atom. The molecule has 2 aromatic carbocycles. The molecular formula is C16H13ClN2O6. The second-order valence-electron chi connectivity index (χ2n) is 4.82. The molecule has 0 aliphatic rings. The number of esters is 1. The van der Waals surface area contributed by atoms with E-state index < -0.39 is 22.5 Å². The quantitative estimate of drug-likeness (QED) is 0.495. The number of hydrogen-bond acceptors (Lipinski definition) is 6. The van der Waals surface area contributed by atoms with Crippen LogP contribution in [0, 0.1) is 10.1 Å². The first-order chi connectivity index (χ1) is 11.8. The maximum atomic E-state index is 12.4. The number of carbonyl (C=O) groups is 2. The number of nitrogens with zero attached hydrogens (tertiary/aromatic N) is 1. The number of rotatable bonds is 5. The Kier molecular flexibility index (Phi) is 5.56. The number of halogens is 1. The van der Waals surface area contributed by atoms with E-state index in [0.29, 0.717) is 11.4 Å². The molecule has 0 atom stereocenters. The highest BCUT2D eigenvalue weighted by Crippen LogP contribution is 2.27. The monoisotopic (exact) mass is 364 g/mol. The van der Waals surface area contributed by atoms with Gasteiger partial charge >= 0.3 is 5.97 Å². The maximum Gasteiger partial charge on any atom is 0.338 e. The average molecular weight is 365 g/mol. The summed E-state index contributed by atoms with van der Waals surface area (Å²) >= 11 is 5.98. The van der Waals surface area contributed by atoms with Crippen LogP contribution in [-0.2, 0) is 4.74 Å². The van der Waals surface area contributed by atoms with Crippen LogP contribution in [0.2, 0.25) is 5.02 Å². The first-order valence-electron chi connectivity index (χ1n) is 6.88. The molecule has 8 nitrogen and oxygen atoms in total. The molecule has 0 bridgehead atoms. The first kappa shape index (κ1) is 18.2. The highest BCUT2D eigenvalue weighted by Gasteiger charge is 2.18. The first-order valence-corrected chi connectivity index (χ1v) is 7.26. The lowest BCUT2D eigenvalue weighted by molar-refractivity contribution is -0.384. The highest BCUT2D eigenvalue weighted by molar-refractivity contribution is 6.32. The van der Waals surface area contributed by atoms with Crippen molar-refractivity contribution in [3.63, 3.8) is 0 Å². The van der Waals surface area contributed by atoms with Gasteiger partial charge in [-0.1, -0.05) is 11.6 Å². The van der Waals surface area contributed by atoms with Crippen molar-refractivity contribution in [1.29, 1.82) is 0 Å². The number of benzene rings is 2. The average Bonchev–Trinajstić information content (AvgIpc) is 2.60. The van der Waals surface area contributed by atoms with E-state index in [9.17, 15) is 19.7 Å². The van der Waals surface area contributed by atoms with Crippen LogP contribution in [0.15, 0.2) is 36.4 Å². The predicted molar refractivity (Wildman–Crippen MR) is 90.4 cm³/mol. The standard InChI is InChI=1S/C16H13ClN2O6/c1-24-14-4-3-11(8-13(14)17)18-15(20)9-5-10(16(21)25-2)7-12(6-9)19(22)23/h3-8H,1-2H3,(H,18,20). The molecule has 130 valence electrons. The van der Waals surface area contributed by atoms with E-state index in [2.05, 4.69) is 10.1 Å². The van der Waals surface area contributed by atoms with Crippen LogP contribution in [0.5, 0.6) is 5.75 Å². The maximum absolute atomic E-state index is 12.4. The van der Waals surface area contributed by atoms with Gasteiger partial charge in [-0.2, -0.15) is 0 Å². The van der Waals surface area contributed by atoms with Gasteiger partial charge in [0.25, 0.3) is 11.6 Å². The van der Waals surface area contributed by atoms with Gasteiger partial charge in [-0.25, -0.2) is 4.79 Å². The van der Waals surface area contributed by atoms with Gasteiger partial charge < -0.3 is 14.8 Å². The zero-order valence-electron chi connectivity index (χ0n) is 13.2. The second kappa shape index (κ2) is 7.63. The highest BCUT2D eigenvalue weighted by atomic mass is 35.5. The number of anilines is 1. The summed E-state index contributed by atoms with van der Waals surface area (Å²) in [6.45, 7) is 0. The van der Waals surface area contributed by atoms with Crippen LogP contribution in [0.25, 0.3) is 0 Å². The molecule has 0 fully saturated rings. The minimum atomic E-state index is -0.787. The zero-order valence-corrected chi connectivity index (χ0v) is 14.0. The fourth-order valence-corrected chi connectivity index (χ4v) is 2.29. The van der Waals surface area contributed by atoms with E-state index in [1.807, 2.05) is 0 Å². The van der Waals surface area contributed by atoms with E-state index in [1.165, 1.54) is 19.2 Å². The lowest BCUT2D eigenvalue weighted by Crippen LogP contribution is -2.14. The summed E-state index contributed by atoms with van der Waals surface area (Å²) in [4.78, 5) is 34.3. The molecule has 0 unspecified atom stereocenters. The summed E-state index contributed by atoms with van der Waals surface area (Å²) in [6, 6.07) is 7.89. The van der Waals surface area contributed by atoms with Gasteiger partial charge in [0, 0.05) is 23.4 Å². The van der Waals surface area contributed by atoms with Crippen LogP contribution < -0.4 is 10.1 Å². The molecule has 2 rings (SSSR count). The zero-order chi connectivity index (χ0) is 18.6. The minimum absolute atomic E-state index is 0.0680. The fourth-order valence-electron chi connectivity index (χ4n) is 2.03. The number of ether oxygens (including phenoxy) is 2. The largest absolute Gasteiger partial charge is 0.495 e. The van der Waals surface area contributed by atoms with Crippen LogP contribution in [0.3, 0.4) is 0 Å². The van der Waals surface area contributed by atoms with Crippen molar-refractivity contribution in [2.75, 3.05) is 19.5 Å². The Morgan fingerprint density at radius 3 is 2.36 bits per heavy atom. The molecule has 0 saturated heterocycles. The summed E-state index contributed by atoms with van der Waals surface area (Å²) in [7, 11) is 2.59. The molecule has 0 heterocycles. The molecule has 0 aliphatic heterocycles. The third-order valence-electron chi connectivity index (χ3n) is 3.22. The molecule has 0 spiro atoms. The molecule has 0 saturated carbocycles. The molecule has 0 aliphatic carbocycles. The smallest absolute Gasteiger partial charge is 0.338 e. The molecular weight excluding hydrogens is 352 g/mol. The van der Waals surface area contributed by atoms with Crippen LogP contribution >= 0.6 is 11.6 Å². The molecule has 2 aromatic rings. The topological polar surface area (TPSA) is 108 Å². The van der Waals surface area contributed by atoms with E-state index in [4.69, 9.17) is 16.3 Å². The van der Waals surface area contributed by atoms with Crippen molar-refractivity contribution in [3.8, 4) is 5.75 Å². The third kappa shape index (κ3) is 4.24. The van der Waals surface area contributed by atoms with Crippen molar-refractivity contribution in [2.45, 2.75) is 0 Å². The van der Waals surface area contributed by atoms with Gasteiger partial charge in [-0.3, -0.25) is 14.9 Å². The molecule has 0 aromatic heterocycles. The Morgan fingerprint density at radius 1 is 1.12 bits per heavy atom. The Balaban J connectivity index is 2.34. The third-order valence-corrected chi connectivity index (χ3v) is 3.52. The van der Waals surface area contributed by atoms with Crippen molar-refractivity contribution in [2.24, 2.45) is 0 Å². The summed E-state index contributed by atoms with van der Waals surface area (Å²) in [5.41, 5.74) is -0.209. The molecule has 1 N–H and O–H groups in total. The number of amides is 1. The molecule has 25 heavy (non-hydrogen) atoms. The summed E-state index contributed by atoms with van der Waals surface area (Å²) in [5.74, 6) is -0.997. The van der Waals surface area contributed by atoms with Gasteiger partial charge in [0.2, 0.25) is 0 Å². The number of nitro benzene ring substituents is 1. The lowest BCUT2D eigenvalue weighted by Gasteiger charge is -2.09. The van der Waals surface area contributed by atoms with Crippen molar-refractivity contribution in [3.05, 3.63) is 62.7 Å². The molecule has 9 heteroatoms. The van der Waals surface area contributed by atoms with Gasteiger partial charge in [0.1, 0.15) is 5.75 Å². The van der Waals surface area contributed by atoms with Gasteiger partial charge in [-0.05, 0) is 24.3 Å². The SMILES string of the molecule is COC(=O)c1cc(C(=O)Nc2ccc(OC)c(Cl)c2)cc([N+](=O)[O-])c1. The minimum Gasteiger partial charge on any atom is -0.495 e. The van der Waals surface area contributed by atoms with E-state index in [0.717, 1.165) is 19.2 Å².